The minimum absolute atomic E-state index is 0.0302. The van der Waals surface area contributed by atoms with Crippen molar-refractivity contribution < 1.29 is 19.1 Å². The van der Waals surface area contributed by atoms with Crippen LogP contribution in [0.15, 0.2) is 21.9 Å². The van der Waals surface area contributed by atoms with Gasteiger partial charge in [0.05, 0.1) is 12.1 Å². The molecule has 7 heteroatoms. The third kappa shape index (κ3) is 4.48. The zero-order valence-corrected chi connectivity index (χ0v) is 15.1. The number of likely N-dealkylation sites (tertiary alicyclic amines) is 1. The third-order valence-corrected chi connectivity index (χ3v) is 5.38. The van der Waals surface area contributed by atoms with Crippen molar-refractivity contribution in [3.63, 3.8) is 0 Å². The summed E-state index contributed by atoms with van der Waals surface area (Å²) in [6, 6.07) is 3.80. The second-order valence-electron chi connectivity index (χ2n) is 6.40. The number of thiazole rings is 1. The molecular weight excluding hydrogens is 340 g/mol. The molecule has 2 aromatic heterocycles. The van der Waals surface area contributed by atoms with Crippen molar-refractivity contribution in [3.8, 4) is 10.8 Å². The van der Waals surface area contributed by atoms with E-state index in [-0.39, 0.29) is 24.8 Å². The first-order valence-electron chi connectivity index (χ1n) is 8.55. The monoisotopic (exact) mass is 362 g/mol. The van der Waals surface area contributed by atoms with Crippen LogP contribution >= 0.6 is 11.3 Å². The lowest BCUT2D eigenvalue weighted by atomic mass is 9.97. The molecule has 2 aromatic rings. The molecule has 3 heterocycles. The second kappa shape index (κ2) is 7.82. The number of aryl methyl sites for hydroxylation is 1. The van der Waals surface area contributed by atoms with Gasteiger partial charge in [0.2, 0.25) is 5.91 Å². The maximum Gasteiger partial charge on any atom is 0.303 e. The standard InChI is InChI=1S/C18H22N2O4S/c1-12-5-7-15(24-12)18-19-13(11-25-18)10-16(21)20-9-3-2-4-14(20)6-8-17(22)23/h5,7,11,14H,2-4,6,8-10H2,1H3,(H,22,23). The molecule has 6 nitrogen and oxygen atoms in total. The molecule has 1 unspecified atom stereocenters. The van der Waals surface area contributed by atoms with Gasteiger partial charge >= 0.3 is 5.97 Å². The number of amides is 1. The Bertz CT molecular complexity index is 752. The lowest BCUT2D eigenvalue weighted by molar-refractivity contribution is -0.139. The first-order chi connectivity index (χ1) is 12.0. The molecule has 1 saturated heterocycles. The Morgan fingerprint density at radius 2 is 2.24 bits per heavy atom. The Hall–Kier alpha value is -2.15. The van der Waals surface area contributed by atoms with E-state index in [0.29, 0.717) is 13.0 Å². The van der Waals surface area contributed by atoms with Crippen molar-refractivity contribution in [2.45, 2.75) is 51.5 Å². The van der Waals surface area contributed by atoms with E-state index in [9.17, 15) is 9.59 Å². The van der Waals surface area contributed by atoms with Gasteiger partial charge < -0.3 is 14.4 Å². The van der Waals surface area contributed by atoms with Crippen molar-refractivity contribution in [1.82, 2.24) is 9.88 Å². The van der Waals surface area contributed by atoms with Gasteiger partial charge in [-0.15, -0.1) is 11.3 Å². The summed E-state index contributed by atoms with van der Waals surface area (Å²) in [4.78, 5) is 29.9. The smallest absolute Gasteiger partial charge is 0.303 e. The van der Waals surface area contributed by atoms with Gasteiger partial charge in [0.25, 0.3) is 0 Å². The normalized spacial score (nSPS) is 17.6. The topological polar surface area (TPSA) is 83.6 Å². The largest absolute Gasteiger partial charge is 0.481 e. The molecule has 0 spiro atoms. The molecule has 0 bridgehead atoms. The van der Waals surface area contributed by atoms with Crippen LogP contribution in [-0.4, -0.2) is 39.5 Å². The van der Waals surface area contributed by atoms with Gasteiger partial charge in [-0.25, -0.2) is 4.98 Å². The molecule has 25 heavy (non-hydrogen) atoms. The highest BCUT2D eigenvalue weighted by Crippen LogP contribution is 2.27. The molecule has 1 atom stereocenters. The number of carboxylic acid groups (broad SMARTS) is 1. The number of aromatic nitrogens is 1. The number of hydrogen-bond acceptors (Lipinski definition) is 5. The van der Waals surface area contributed by atoms with Gasteiger partial charge in [-0.1, -0.05) is 0 Å². The summed E-state index contributed by atoms with van der Waals surface area (Å²) in [5.74, 6) is 0.773. The van der Waals surface area contributed by atoms with E-state index < -0.39 is 5.97 Å². The molecule has 0 aliphatic carbocycles. The van der Waals surface area contributed by atoms with Gasteiger partial charge in [0.15, 0.2) is 10.8 Å². The van der Waals surface area contributed by atoms with Crippen LogP contribution in [-0.2, 0) is 16.0 Å². The molecule has 0 saturated carbocycles. The van der Waals surface area contributed by atoms with E-state index in [2.05, 4.69) is 4.98 Å². The van der Waals surface area contributed by atoms with E-state index in [1.165, 1.54) is 11.3 Å². The fourth-order valence-electron chi connectivity index (χ4n) is 3.23. The number of carbonyl (C=O) groups excluding carboxylic acids is 1. The average molecular weight is 362 g/mol. The van der Waals surface area contributed by atoms with Crippen LogP contribution in [0.2, 0.25) is 0 Å². The van der Waals surface area contributed by atoms with E-state index in [1.807, 2.05) is 29.3 Å². The highest BCUT2D eigenvalue weighted by molar-refractivity contribution is 7.13. The lowest BCUT2D eigenvalue weighted by Gasteiger charge is -2.35. The summed E-state index contributed by atoms with van der Waals surface area (Å²) in [6.45, 7) is 2.59. The number of carbonyl (C=O) groups is 2. The minimum Gasteiger partial charge on any atom is -0.481 e. The van der Waals surface area contributed by atoms with Crippen LogP contribution in [0.3, 0.4) is 0 Å². The van der Waals surface area contributed by atoms with Gasteiger partial charge in [0, 0.05) is 24.4 Å². The summed E-state index contributed by atoms with van der Waals surface area (Å²) in [5, 5.41) is 11.6. The molecule has 1 N–H and O–H groups in total. The van der Waals surface area contributed by atoms with Crippen LogP contribution in [0.5, 0.6) is 0 Å². The summed E-state index contributed by atoms with van der Waals surface area (Å²) in [5.41, 5.74) is 0.738. The molecule has 1 amide bonds. The predicted octanol–water partition coefficient (Wildman–Crippen LogP) is 3.50. The van der Waals surface area contributed by atoms with Crippen LogP contribution in [0, 0.1) is 6.92 Å². The number of hydrogen-bond donors (Lipinski definition) is 1. The van der Waals surface area contributed by atoms with E-state index in [4.69, 9.17) is 9.52 Å². The molecule has 1 fully saturated rings. The minimum atomic E-state index is -0.809. The van der Waals surface area contributed by atoms with Crippen LogP contribution < -0.4 is 0 Å². The predicted molar refractivity (Wildman–Crippen MR) is 94.5 cm³/mol. The first-order valence-corrected chi connectivity index (χ1v) is 9.43. The second-order valence-corrected chi connectivity index (χ2v) is 7.26. The van der Waals surface area contributed by atoms with Crippen molar-refractivity contribution in [1.29, 1.82) is 0 Å². The van der Waals surface area contributed by atoms with Crippen molar-refractivity contribution in [2.24, 2.45) is 0 Å². The average Bonchev–Trinajstić information content (AvgIpc) is 3.22. The molecule has 3 rings (SSSR count). The number of aliphatic carboxylic acids is 1. The molecule has 1 aliphatic heterocycles. The van der Waals surface area contributed by atoms with E-state index in [1.54, 1.807) is 0 Å². The zero-order chi connectivity index (χ0) is 17.8. The van der Waals surface area contributed by atoms with Gasteiger partial charge in [-0.3, -0.25) is 9.59 Å². The number of rotatable bonds is 6. The maximum absolute atomic E-state index is 12.7. The Kier molecular flexibility index (Phi) is 5.53. The van der Waals surface area contributed by atoms with E-state index >= 15 is 0 Å². The van der Waals surface area contributed by atoms with Crippen molar-refractivity contribution in [3.05, 3.63) is 29.0 Å². The fraction of sp³-hybridized carbons (Fsp3) is 0.500. The summed E-state index contributed by atoms with van der Waals surface area (Å²) >= 11 is 1.47. The highest BCUT2D eigenvalue weighted by Gasteiger charge is 2.27. The molecule has 134 valence electrons. The Labute approximate surface area is 150 Å². The van der Waals surface area contributed by atoms with Crippen molar-refractivity contribution >= 4 is 23.2 Å². The Balaban J connectivity index is 1.64. The lowest BCUT2D eigenvalue weighted by Crippen LogP contribution is -2.44. The number of nitrogens with zero attached hydrogens (tertiary/aromatic N) is 2. The third-order valence-electron chi connectivity index (χ3n) is 4.47. The summed E-state index contributed by atoms with van der Waals surface area (Å²) < 4.78 is 5.57. The quantitative estimate of drug-likeness (QED) is 0.850. The molecule has 0 radical (unpaired) electrons. The van der Waals surface area contributed by atoms with Crippen LogP contribution in [0.4, 0.5) is 0 Å². The van der Waals surface area contributed by atoms with Crippen LogP contribution in [0.25, 0.3) is 10.8 Å². The Morgan fingerprint density at radius 1 is 1.40 bits per heavy atom. The fourth-order valence-corrected chi connectivity index (χ4v) is 4.01. The van der Waals surface area contributed by atoms with Gasteiger partial charge in [-0.05, 0) is 44.7 Å². The highest BCUT2D eigenvalue weighted by atomic mass is 32.1. The SMILES string of the molecule is Cc1ccc(-c2nc(CC(=O)N3CCCCC3CCC(=O)O)cs2)o1. The molecular formula is C18H22N2O4S. The van der Waals surface area contributed by atoms with Gasteiger partial charge in [0.1, 0.15) is 5.76 Å². The number of furan rings is 1. The zero-order valence-electron chi connectivity index (χ0n) is 14.2. The maximum atomic E-state index is 12.7. The van der Waals surface area contributed by atoms with Crippen molar-refractivity contribution in [2.75, 3.05) is 6.54 Å². The summed E-state index contributed by atoms with van der Waals surface area (Å²) in [6.07, 6.45) is 3.78. The van der Waals surface area contributed by atoms with E-state index in [0.717, 1.165) is 41.5 Å². The number of carboxylic acids is 1. The summed E-state index contributed by atoms with van der Waals surface area (Å²) in [7, 11) is 0. The Morgan fingerprint density at radius 3 is 2.96 bits per heavy atom. The number of piperidine rings is 1. The first kappa shape index (κ1) is 17.7. The molecule has 1 aliphatic rings. The van der Waals surface area contributed by atoms with Crippen LogP contribution in [0.1, 0.15) is 43.6 Å². The molecule has 0 aromatic carbocycles. The van der Waals surface area contributed by atoms with Gasteiger partial charge in [-0.2, -0.15) is 0 Å².